The minimum absolute atomic E-state index is 0.767. The Morgan fingerprint density at radius 3 is 2.38 bits per heavy atom. The molecule has 3 rings (SSSR count). The molecule has 0 radical (unpaired) electrons. The first kappa shape index (κ1) is 17.3. The van der Waals surface area contributed by atoms with Gasteiger partial charge in [0.2, 0.25) is 0 Å². The number of hydrogen-bond acceptors (Lipinski definition) is 1. The van der Waals surface area contributed by atoms with Crippen molar-refractivity contribution in [3.63, 3.8) is 0 Å². The molecule has 1 aliphatic carbocycles. The number of fused-ring (bicyclic) bond motifs is 1. The van der Waals surface area contributed by atoms with Gasteiger partial charge in [0.05, 0.1) is 6.61 Å². The molecule has 0 N–H and O–H groups in total. The van der Waals surface area contributed by atoms with Crippen LogP contribution in [0, 0.1) is 5.92 Å². The maximum Gasteiger partial charge on any atom is 0.119 e. The predicted octanol–water partition coefficient (Wildman–Crippen LogP) is 7.09. The molecule has 0 heterocycles. The van der Waals surface area contributed by atoms with Crippen molar-refractivity contribution in [2.75, 3.05) is 6.61 Å². The van der Waals surface area contributed by atoms with Gasteiger partial charge in [-0.05, 0) is 72.4 Å². The van der Waals surface area contributed by atoms with Gasteiger partial charge in [0.25, 0.3) is 0 Å². The number of ether oxygens (including phenoxy) is 1. The van der Waals surface area contributed by atoms with Gasteiger partial charge in [-0.1, -0.05) is 57.4 Å². The van der Waals surface area contributed by atoms with Gasteiger partial charge in [-0.2, -0.15) is 0 Å². The minimum atomic E-state index is 0.767. The zero-order chi connectivity index (χ0) is 16.8. The SMILES string of the molecule is CCCCC1CCC(c2ccc3cc(OCCC)ccc3c2)CC1. The summed E-state index contributed by atoms with van der Waals surface area (Å²) in [5.41, 5.74) is 1.54. The lowest BCUT2D eigenvalue weighted by Gasteiger charge is -2.29. The monoisotopic (exact) mass is 324 g/mol. The van der Waals surface area contributed by atoms with Gasteiger partial charge in [0.15, 0.2) is 0 Å². The van der Waals surface area contributed by atoms with E-state index < -0.39 is 0 Å². The molecule has 1 nitrogen and oxygen atoms in total. The third-order valence-electron chi connectivity index (χ3n) is 5.59. The first-order valence-corrected chi connectivity index (χ1v) is 9.96. The molecule has 0 aliphatic heterocycles. The van der Waals surface area contributed by atoms with Gasteiger partial charge in [-0.15, -0.1) is 0 Å². The van der Waals surface area contributed by atoms with Crippen molar-refractivity contribution < 1.29 is 4.74 Å². The molecule has 1 aliphatic rings. The summed E-state index contributed by atoms with van der Waals surface area (Å²) in [6, 6.07) is 13.6. The second kappa shape index (κ2) is 8.55. The van der Waals surface area contributed by atoms with Crippen molar-refractivity contribution in [3.05, 3.63) is 42.0 Å². The highest BCUT2D eigenvalue weighted by Crippen LogP contribution is 2.38. The van der Waals surface area contributed by atoms with Crippen molar-refractivity contribution in [3.8, 4) is 5.75 Å². The van der Waals surface area contributed by atoms with Crippen LogP contribution in [0.3, 0.4) is 0 Å². The Kier molecular flexibility index (Phi) is 6.18. The van der Waals surface area contributed by atoms with Crippen LogP contribution in [0.5, 0.6) is 5.75 Å². The van der Waals surface area contributed by atoms with Crippen LogP contribution in [0.2, 0.25) is 0 Å². The number of hydrogen-bond donors (Lipinski definition) is 0. The molecule has 1 heteroatoms. The molecule has 0 spiro atoms. The summed E-state index contributed by atoms with van der Waals surface area (Å²) in [6.45, 7) is 5.24. The van der Waals surface area contributed by atoms with Crippen molar-refractivity contribution in [2.24, 2.45) is 5.92 Å². The molecule has 24 heavy (non-hydrogen) atoms. The fourth-order valence-corrected chi connectivity index (χ4v) is 4.08. The van der Waals surface area contributed by atoms with Crippen LogP contribution >= 0.6 is 0 Å². The van der Waals surface area contributed by atoms with E-state index >= 15 is 0 Å². The van der Waals surface area contributed by atoms with Crippen LogP contribution in [0.25, 0.3) is 10.8 Å². The van der Waals surface area contributed by atoms with E-state index in [1.54, 1.807) is 5.56 Å². The zero-order valence-corrected chi connectivity index (χ0v) is 15.4. The highest BCUT2D eigenvalue weighted by molar-refractivity contribution is 5.84. The second-order valence-electron chi connectivity index (χ2n) is 7.48. The topological polar surface area (TPSA) is 9.23 Å². The Bertz CT molecular complexity index is 638. The molecule has 0 amide bonds. The van der Waals surface area contributed by atoms with Crippen molar-refractivity contribution in [1.82, 2.24) is 0 Å². The normalized spacial score (nSPS) is 21.1. The van der Waals surface area contributed by atoms with Gasteiger partial charge in [0.1, 0.15) is 5.75 Å². The van der Waals surface area contributed by atoms with Gasteiger partial charge >= 0.3 is 0 Å². The van der Waals surface area contributed by atoms with E-state index in [1.165, 1.54) is 55.7 Å². The molecule has 0 bridgehead atoms. The van der Waals surface area contributed by atoms with E-state index in [9.17, 15) is 0 Å². The lowest BCUT2D eigenvalue weighted by atomic mass is 9.77. The van der Waals surface area contributed by atoms with Crippen molar-refractivity contribution in [1.29, 1.82) is 0 Å². The van der Waals surface area contributed by atoms with Crippen LogP contribution in [0.15, 0.2) is 36.4 Å². The summed E-state index contributed by atoms with van der Waals surface area (Å²) in [5, 5.41) is 2.65. The molecular weight excluding hydrogens is 292 g/mol. The van der Waals surface area contributed by atoms with Crippen LogP contribution in [-0.2, 0) is 0 Å². The lowest BCUT2D eigenvalue weighted by molar-refractivity contribution is 0.304. The maximum atomic E-state index is 5.75. The smallest absolute Gasteiger partial charge is 0.119 e. The van der Waals surface area contributed by atoms with Gasteiger partial charge in [-0.3, -0.25) is 0 Å². The van der Waals surface area contributed by atoms with Gasteiger partial charge < -0.3 is 4.74 Å². The second-order valence-corrected chi connectivity index (χ2v) is 7.48. The van der Waals surface area contributed by atoms with E-state index in [1.807, 2.05) is 0 Å². The molecular formula is C23H32O. The van der Waals surface area contributed by atoms with Gasteiger partial charge in [-0.25, -0.2) is 0 Å². The van der Waals surface area contributed by atoms with Crippen LogP contribution in [0.4, 0.5) is 0 Å². The molecule has 130 valence electrons. The summed E-state index contributed by atoms with van der Waals surface area (Å²) in [6.07, 6.45) is 10.8. The largest absolute Gasteiger partial charge is 0.494 e. The fourth-order valence-electron chi connectivity index (χ4n) is 4.08. The van der Waals surface area contributed by atoms with Crippen LogP contribution < -0.4 is 4.74 Å². The quantitative estimate of drug-likeness (QED) is 0.528. The first-order valence-electron chi connectivity index (χ1n) is 9.96. The summed E-state index contributed by atoms with van der Waals surface area (Å²) in [7, 11) is 0. The molecule has 0 saturated heterocycles. The Morgan fingerprint density at radius 2 is 1.62 bits per heavy atom. The summed E-state index contributed by atoms with van der Waals surface area (Å²) in [4.78, 5) is 0. The molecule has 2 aromatic carbocycles. The Labute approximate surface area is 147 Å². The Hall–Kier alpha value is -1.50. The van der Waals surface area contributed by atoms with Crippen molar-refractivity contribution in [2.45, 2.75) is 71.1 Å². The Morgan fingerprint density at radius 1 is 0.875 bits per heavy atom. The third kappa shape index (κ3) is 4.32. The molecule has 1 saturated carbocycles. The predicted molar refractivity (Wildman–Crippen MR) is 104 cm³/mol. The van der Waals surface area contributed by atoms with Crippen LogP contribution in [0.1, 0.15) is 76.7 Å². The number of rotatable bonds is 7. The van der Waals surface area contributed by atoms with E-state index in [2.05, 4.69) is 50.2 Å². The highest BCUT2D eigenvalue weighted by atomic mass is 16.5. The van der Waals surface area contributed by atoms with E-state index in [0.717, 1.165) is 30.6 Å². The molecule has 0 aromatic heterocycles. The van der Waals surface area contributed by atoms with Gasteiger partial charge in [0, 0.05) is 0 Å². The van der Waals surface area contributed by atoms with E-state index in [4.69, 9.17) is 4.74 Å². The van der Waals surface area contributed by atoms with Crippen molar-refractivity contribution >= 4 is 10.8 Å². The fraction of sp³-hybridized carbons (Fsp3) is 0.565. The molecule has 0 atom stereocenters. The minimum Gasteiger partial charge on any atom is -0.494 e. The Balaban J connectivity index is 1.65. The maximum absolute atomic E-state index is 5.75. The molecule has 0 unspecified atom stereocenters. The average Bonchev–Trinajstić information content (AvgIpc) is 2.64. The zero-order valence-electron chi connectivity index (χ0n) is 15.4. The molecule has 2 aromatic rings. The van der Waals surface area contributed by atoms with Crippen LogP contribution in [-0.4, -0.2) is 6.61 Å². The standard InChI is InChI=1S/C23H32O/c1-3-5-6-18-7-9-19(10-8-18)20-11-12-22-17-23(24-15-4-2)14-13-21(22)16-20/h11-14,16-19H,3-10,15H2,1-2H3. The number of benzene rings is 2. The van der Waals surface area contributed by atoms with E-state index in [0.29, 0.717) is 0 Å². The summed E-state index contributed by atoms with van der Waals surface area (Å²) < 4.78 is 5.75. The molecule has 1 fully saturated rings. The highest BCUT2D eigenvalue weighted by Gasteiger charge is 2.22. The van der Waals surface area contributed by atoms with E-state index in [-0.39, 0.29) is 0 Å². The lowest BCUT2D eigenvalue weighted by Crippen LogP contribution is -2.13. The summed E-state index contributed by atoms with van der Waals surface area (Å²) in [5.74, 6) is 2.75. The summed E-state index contributed by atoms with van der Waals surface area (Å²) >= 11 is 0. The third-order valence-corrected chi connectivity index (χ3v) is 5.59. The number of unbranched alkanes of at least 4 members (excludes halogenated alkanes) is 1. The average molecular weight is 325 g/mol. The first-order chi connectivity index (χ1) is 11.8.